The normalized spacial score (nSPS) is 14.9. The number of hydrogen-bond acceptors (Lipinski definition) is 2. The lowest BCUT2D eigenvalue weighted by Gasteiger charge is -2.24. The van der Waals surface area contributed by atoms with Crippen molar-refractivity contribution in [2.45, 2.75) is 18.3 Å². The van der Waals surface area contributed by atoms with E-state index in [1.54, 1.807) is 0 Å². The van der Waals surface area contributed by atoms with Crippen LogP contribution in [0.15, 0.2) is 0 Å². The molecule has 0 atom stereocenters. The van der Waals surface area contributed by atoms with E-state index in [0.29, 0.717) is 0 Å². The summed E-state index contributed by atoms with van der Waals surface area (Å²) >= 11 is 0. The van der Waals surface area contributed by atoms with E-state index >= 15 is 0 Å². The van der Waals surface area contributed by atoms with Crippen molar-refractivity contribution in [2.75, 3.05) is 5.75 Å². The third kappa shape index (κ3) is 3.01. The lowest BCUT2D eigenvalue weighted by atomic mass is 10.2. The van der Waals surface area contributed by atoms with Crippen LogP contribution in [0.3, 0.4) is 0 Å². The van der Waals surface area contributed by atoms with Crippen LogP contribution in [0.5, 0.6) is 0 Å². The third-order valence-electron chi connectivity index (χ3n) is 1.13. The molecule has 0 aliphatic heterocycles. The summed E-state index contributed by atoms with van der Waals surface area (Å²) in [5, 5.41) is 0. The summed E-state index contributed by atoms with van der Waals surface area (Å²) in [5.74, 6) is -14.1. The molecule has 0 unspecified atom stereocenters. The molecule has 0 saturated carbocycles. The monoisotopic (exact) mass is 246 g/mol. The quantitative estimate of drug-likeness (QED) is 0.602. The van der Waals surface area contributed by atoms with E-state index in [4.69, 9.17) is 4.55 Å². The van der Waals surface area contributed by atoms with Gasteiger partial charge in [0.2, 0.25) is 0 Å². The van der Waals surface area contributed by atoms with Gasteiger partial charge in [0, 0.05) is 0 Å². The van der Waals surface area contributed by atoms with Crippen molar-refractivity contribution in [1.82, 2.24) is 0 Å². The minimum absolute atomic E-state index is 2.75. The van der Waals surface area contributed by atoms with Crippen LogP contribution in [0.1, 0.15) is 0 Å². The highest BCUT2D eigenvalue weighted by atomic mass is 32.2. The molecule has 0 rings (SSSR count). The smallest absolute Gasteiger partial charge is 0.285 e. The standard InChI is InChI=1S/C4H4F6O3S/c5-2(6)4(9,10)3(7,8)1-14(11,12)13/h2H,1H2,(H,11,12,13). The molecule has 14 heavy (non-hydrogen) atoms. The minimum atomic E-state index is -5.80. The summed E-state index contributed by atoms with van der Waals surface area (Å²) in [6.07, 6.45) is -4.72. The topological polar surface area (TPSA) is 54.4 Å². The molecule has 0 fully saturated rings. The van der Waals surface area contributed by atoms with E-state index in [-0.39, 0.29) is 0 Å². The Hall–Kier alpha value is -0.510. The van der Waals surface area contributed by atoms with Gasteiger partial charge in [-0.25, -0.2) is 8.78 Å². The zero-order valence-electron chi connectivity index (χ0n) is 6.22. The molecule has 1 N–H and O–H groups in total. The van der Waals surface area contributed by atoms with E-state index in [9.17, 15) is 34.8 Å². The van der Waals surface area contributed by atoms with Crippen LogP contribution < -0.4 is 0 Å². The molecule has 0 saturated heterocycles. The van der Waals surface area contributed by atoms with Crippen LogP contribution in [0, 0.1) is 0 Å². The van der Waals surface area contributed by atoms with E-state index in [0.717, 1.165) is 0 Å². The Kier molecular flexibility index (Phi) is 3.44. The third-order valence-corrected chi connectivity index (χ3v) is 1.85. The van der Waals surface area contributed by atoms with Crippen molar-refractivity contribution in [2.24, 2.45) is 0 Å². The van der Waals surface area contributed by atoms with Crippen LogP contribution in [0.25, 0.3) is 0 Å². The van der Waals surface area contributed by atoms with E-state index < -0.39 is 34.1 Å². The molecule has 0 aliphatic rings. The van der Waals surface area contributed by atoms with Crippen LogP contribution in [-0.2, 0) is 10.1 Å². The highest BCUT2D eigenvalue weighted by molar-refractivity contribution is 7.85. The summed E-state index contributed by atoms with van der Waals surface area (Å²) in [6, 6.07) is 0. The fraction of sp³-hybridized carbons (Fsp3) is 1.00. The first-order valence-electron chi connectivity index (χ1n) is 2.89. The summed E-state index contributed by atoms with van der Waals surface area (Å²) in [7, 11) is -5.46. The van der Waals surface area contributed by atoms with Crippen molar-refractivity contribution in [1.29, 1.82) is 0 Å². The fourth-order valence-corrected chi connectivity index (χ4v) is 1.14. The second-order valence-electron chi connectivity index (χ2n) is 2.35. The highest BCUT2D eigenvalue weighted by Crippen LogP contribution is 2.39. The van der Waals surface area contributed by atoms with E-state index in [1.165, 1.54) is 0 Å². The summed E-state index contributed by atoms with van der Waals surface area (Å²) in [5.41, 5.74) is 0. The predicted molar refractivity (Wildman–Crippen MR) is 32.3 cm³/mol. The van der Waals surface area contributed by atoms with Crippen LogP contribution in [0.4, 0.5) is 26.3 Å². The minimum Gasteiger partial charge on any atom is -0.285 e. The molecule has 0 aromatic rings. The molecule has 0 spiro atoms. The Bertz CT molecular complexity index is 296. The SMILES string of the molecule is O=S(=O)(O)CC(F)(F)C(F)(F)C(F)F. The summed E-state index contributed by atoms with van der Waals surface area (Å²) in [4.78, 5) is 0. The van der Waals surface area contributed by atoms with Gasteiger partial charge in [0.15, 0.2) is 0 Å². The number of hydrogen-bond donors (Lipinski definition) is 1. The maximum atomic E-state index is 12.2. The van der Waals surface area contributed by atoms with Gasteiger partial charge in [-0.2, -0.15) is 26.0 Å². The number of halogens is 6. The van der Waals surface area contributed by atoms with Gasteiger partial charge in [-0.1, -0.05) is 0 Å². The van der Waals surface area contributed by atoms with Gasteiger partial charge in [0.05, 0.1) is 0 Å². The Morgan fingerprint density at radius 2 is 1.50 bits per heavy atom. The van der Waals surface area contributed by atoms with Gasteiger partial charge in [-0.05, 0) is 0 Å². The van der Waals surface area contributed by atoms with Crippen molar-refractivity contribution in [3.63, 3.8) is 0 Å². The van der Waals surface area contributed by atoms with Crippen molar-refractivity contribution in [3.05, 3.63) is 0 Å². The van der Waals surface area contributed by atoms with Gasteiger partial charge >= 0.3 is 18.3 Å². The molecule has 86 valence electrons. The molecule has 0 aliphatic carbocycles. The van der Waals surface area contributed by atoms with Crippen molar-refractivity contribution < 1.29 is 39.3 Å². The van der Waals surface area contributed by atoms with Gasteiger partial charge in [-0.15, -0.1) is 0 Å². The average molecular weight is 246 g/mol. The predicted octanol–water partition coefficient (Wildman–Crippen LogP) is 1.41. The Morgan fingerprint density at radius 3 is 1.71 bits per heavy atom. The average Bonchev–Trinajstić information content (AvgIpc) is 1.80. The molecule has 0 bridgehead atoms. The zero-order chi connectivity index (χ0) is 11.8. The van der Waals surface area contributed by atoms with Crippen molar-refractivity contribution in [3.8, 4) is 0 Å². The second-order valence-corrected chi connectivity index (χ2v) is 3.81. The van der Waals surface area contributed by atoms with Crippen LogP contribution >= 0.6 is 0 Å². The second kappa shape index (κ2) is 3.57. The number of rotatable bonds is 4. The Labute approximate surface area is 74.5 Å². The highest BCUT2D eigenvalue weighted by Gasteiger charge is 2.64. The molecule has 0 aromatic heterocycles. The first kappa shape index (κ1) is 13.5. The molecule has 0 aromatic carbocycles. The van der Waals surface area contributed by atoms with E-state index in [2.05, 4.69) is 0 Å². The molecular formula is C4H4F6O3S. The molecule has 3 nitrogen and oxygen atoms in total. The molecular weight excluding hydrogens is 242 g/mol. The molecule has 10 heteroatoms. The fourth-order valence-electron chi connectivity index (χ4n) is 0.485. The summed E-state index contributed by atoms with van der Waals surface area (Å²) in [6.45, 7) is 0. The first-order chi connectivity index (χ1) is 5.90. The largest absolute Gasteiger partial charge is 0.370 e. The first-order valence-corrected chi connectivity index (χ1v) is 4.50. The Morgan fingerprint density at radius 1 is 1.14 bits per heavy atom. The van der Waals surface area contributed by atoms with Gasteiger partial charge in [0.1, 0.15) is 5.75 Å². The lowest BCUT2D eigenvalue weighted by molar-refractivity contribution is -0.253. The van der Waals surface area contributed by atoms with Crippen molar-refractivity contribution >= 4 is 10.1 Å². The zero-order valence-corrected chi connectivity index (χ0v) is 7.04. The van der Waals surface area contributed by atoms with Crippen LogP contribution in [-0.4, -0.2) is 37.0 Å². The van der Waals surface area contributed by atoms with Crippen LogP contribution in [0.2, 0.25) is 0 Å². The molecule has 0 heterocycles. The molecule has 0 radical (unpaired) electrons. The summed E-state index contributed by atoms with van der Waals surface area (Å²) < 4.78 is 98.5. The van der Waals surface area contributed by atoms with Gasteiger partial charge in [-0.3, -0.25) is 4.55 Å². The van der Waals surface area contributed by atoms with Gasteiger partial charge < -0.3 is 0 Å². The van der Waals surface area contributed by atoms with Gasteiger partial charge in [0.25, 0.3) is 10.1 Å². The number of alkyl halides is 6. The maximum absolute atomic E-state index is 12.2. The lowest BCUT2D eigenvalue weighted by Crippen LogP contribution is -2.50. The van der Waals surface area contributed by atoms with E-state index in [1.807, 2.05) is 0 Å². The molecule has 0 amide bonds. The Balaban J connectivity index is 4.96. The maximum Gasteiger partial charge on any atom is 0.370 e.